The maximum atomic E-state index is 12.6. The molecule has 1 saturated heterocycles. The van der Waals surface area contributed by atoms with Gasteiger partial charge in [0.2, 0.25) is 10.0 Å². The third-order valence-corrected chi connectivity index (χ3v) is 7.25. The Morgan fingerprint density at radius 2 is 1.90 bits per heavy atom. The Kier molecular flexibility index (Phi) is 5.02. The predicted molar refractivity (Wildman–Crippen MR) is 81.7 cm³/mol. The smallest absolute Gasteiger partial charge is 0.244 e. The van der Waals surface area contributed by atoms with Crippen LogP contribution in [-0.2, 0) is 32.3 Å². The van der Waals surface area contributed by atoms with Crippen LogP contribution in [0.25, 0.3) is 0 Å². The van der Waals surface area contributed by atoms with Crippen molar-refractivity contribution in [3.63, 3.8) is 0 Å². The van der Waals surface area contributed by atoms with Crippen LogP contribution in [-0.4, -0.2) is 50.3 Å². The SMILES string of the molecule is CCCn1cc(S(=O)(=O)N2CCS(=O)(=O)CC2)cc1CCl. The second-order valence-corrected chi connectivity index (χ2v) is 9.56. The van der Waals surface area contributed by atoms with E-state index in [-0.39, 0.29) is 35.4 Å². The van der Waals surface area contributed by atoms with Crippen LogP contribution in [0.5, 0.6) is 0 Å². The van der Waals surface area contributed by atoms with Crippen LogP contribution in [0.2, 0.25) is 0 Å². The van der Waals surface area contributed by atoms with Crippen molar-refractivity contribution in [1.82, 2.24) is 8.87 Å². The van der Waals surface area contributed by atoms with E-state index in [1.165, 1.54) is 4.31 Å². The molecule has 21 heavy (non-hydrogen) atoms. The number of aromatic nitrogens is 1. The largest absolute Gasteiger partial charge is 0.349 e. The summed E-state index contributed by atoms with van der Waals surface area (Å²) in [6.45, 7) is 2.73. The lowest BCUT2D eigenvalue weighted by atomic mass is 10.4. The maximum Gasteiger partial charge on any atom is 0.244 e. The highest BCUT2D eigenvalue weighted by Crippen LogP contribution is 2.22. The number of alkyl halides is 1. The lowest BCUT2D eigenvalue weighted by Gasteiger charge is -2.25. The molecule has 0 spiro atoms. The summed E-state index contributed by atoms with van der Waals surface area (Å²) in [5.41, 5.74) is 0.752. The first kappa shape index (κ1) is 16.8. The van der Waals surface area contributed by atoms with Crippen LogP contribution >= 0.6 is 11.6 Å². The summed E-state index contributed by atoms with van der Waals surface area (Å²) >= 11 is 5.85. The van der Waals surface area contributed by atoms with Gasteiger partial charge in [-0.3, -0.25) is 0 Å². The summed E-state index contributed by atoms with van der Waals surface area (Å²) in [6, 6.07) is 1.57. The van der Waals surface area contributed by atoms with Crippen molar-refractivity contribution in [3.05, 3.63) is 18.0 Å². The van der Waals surface area contributed by atoms with Gasteiger partial charge in [0.1, 0.15) is 4.90 Å². The van der Waals surface area contributed by atoms with E-state index in [4.69, 9.17) is 11.6 Å². The summed E-state index contributed by atoms with van der Waals surface area (Å²) in [6.07, 6.45) is 2.46. The minimum Gasteiger partial charge on any atom is -0.349 e. The summed E-state index contributed by atoms with van der Waals surface area (Å²) in [5, 5.41) is 0. The monoisotopic (exact) mass is 354 g/mol. The molecule has 1 aliphatic rings. The van der Waals surface area contributed by atoms with Gasteiger partial charge in [-0.15, -0.1) is 11.6 Å². The molecule has 1 aromatic heterocycles. The van der Waals surface area contributed by atoms with Crippen molar-refractivity contribution in [2.24, 2.45) is 0 Å². The zero-order chi connectivity index (χ0) is 15.7. The van der Waals surface area contributed by atoms with Crippen LogP contribution in [0.4, 0.5) is 0 Å². The molecule has 0 radical (unpaired) electrons. The minimum atomic E-state index is -3.65. The number of halogens is 1. The molecule has 6 nitrogen and oxygen atoms in total. The highest BCUT2D eigenvalue weighted by molar-refractivity contribution is 7.92. The van der Waals surface area contributed by atoms with Crippen LogP contribution in [0.3, 0.4) is 0 Å². The molecule has 1 aromatic rings. The van der Waals surface area contributed by atoms with Crippen molar-refractivity contribution >= 4 is 31.5 Å². The number of aryl methyl sites for hydroxylation is 1. The molecule has 0 bridgehead atoms. The van der Waals surface area contributed by atoms with E-state index in [1.807, 2.05) is 11.5 Å². The van der Waals surface area contributed by atoms with Crippen molar-refractivity contribution in [2.75, 3.05) is 24.6 Å². The molecule has 0 atom stereocenters. The molecule has 1 aliphatic heterocycles. The normalized spacial score (nSPS) is 19.7. The quantitative estimate of drug-likeness (QED) is 0.741. The highest BCUT2D eigenvalue weighted by Gasteiger charge is 2.32. The standard InChI is InChI=1S/C12H19ClN2O4S2/c1-2-3-14-10-12(8-11(14)9-13)21(18,19)15-4-6-20(16,17)7-5-15/h8,10H,2-7,9H2,1H3. The fourth-order valence-electron chi connectivity index (χ4n) is 2.31. The molecular weight excluding hydrogens is 336 g/mol. The molecule has 0 saturated carbocycles. The van der Waals surface area contributed by atoms with E-state index in [0.29, 0.717) is 6.54 Å². The number of rotatable bonds is 5. The van der Waals surface area contributed by atoms with Crippen LogP contribution < -0.4 is 0 Å². The lowest BCUT2D eigenvalue weighted by Crippen LogP contribution is -2.43. The average Bonchev–Trinajstić information content (AvgIpc) is 2.82. The number of hydrogen-bond donors (Lipinski definition) is 0. The van der Waals surface area contributed by atoms with Gasteiger partial charge in [0.25, 0.3) is 0 Å². The topological polar surface area (TPSA) is 76.5 Å². The molecule has 1 fully saturated rings. The Labute approximate surface area is 130 Å². The molecule has 0 N–H and O–H groups in total. The Morgan fingerprint density at radius 3 is 2.43 bits per heavy atom. The van der Waals surface area contributed by atoms with Gasteiger partial charge in [0, 0.05) is 31.5 Å². The summed E-state index contributed by atoms with van der Waals surface area (Å²) in [7, 11) is -6.76. The van der Waals surface area contributed by atoms with Crippen LogP contribution in [0.1, 0.15) is 19.0 Å². The van der Waals surface area contributed by atoms with Crippen molar-refractivity contribution in [2.45, 2.75) is 30.7 Å². The Balaban J connectivity index is 2.28. The molecule has 120 valence electrons. The van der Waals surface area contributed by atoms with Crippen molar-refractivity contribution < 1.29 is 16.8 Å². The van der Waals surface area contributed by atoms with Gasteiger partial charge in [-0.25, -0.2) is 16.8 Å². The third kappa shape index (κ3) is 3.61. The number of nitrogens with zero attached hydrogens (tertiary/aromatic N) is 2. The summed E-state index contributed by atoms with van der Waals surface area (Å²) < 4.78 is 51.0. The molecular formula is C12H19ClN2O4S2. The van der Waals surface area contributed by atoms with Gasteiger partial charge in [0.15, 0.2) is 9.84 Å². The third-order valence-electron chi connectivity index (χ3n) is 3.50. The number of sulfone groups is 1. The van der Waals surface area contributed by atoms with Crippen LogP contribution in [0, 0.1) is 0 Å². The zero-order valence-electron chi connectivity index (χ0n) is 11.8. The molecule has 2 rings (SSSR count). The number of sulfonamides is 1. The van der Waals surface area contributed by atoms with Gasteiger partial charge >= 0.3 is 0 Å². The fraction of sp³-hybridized carbons (Fsp3) is 0.667. The van der Waals surface area contributed by atoms with E-state index in [9.17, 15) is 16.8 Å². The second kappa shape index (κ2) is 6.28. The fourth-order valence-corrected chi connectivity index (χ4v) is 5.48. The summed E-state index contributed by atoms with van der Waals surface area (Å²) in [4.78, 5) is 0.186. The molecule has 0 aliphatic carbocycles. The Bertz CT molecular complexity index is 696. The predicted octanol–water partition coefficient (Wildman–Crippen LogP) is 1.06. The van der Waals surface area contributed by atoms with Gasteiger partial charge in [-0.2, -0.15) is 4.31 Å². The first-order valence-electron chi connectivity index (χ1n) is 6.76. The minimum absolute atomic E-state index is 0.0137. The zero-order valence-corrected chi connectivity index (χ0v) is 14.2. The Morgan fingerprint density at radius 1 is 1.29 bits per heavy atom. The first-order chi connectivity index (χ1) is 9.80. The maximum absolute atomic E-state index is 12.6. The molecule has 9 heteroatoms. The first-order valence-corrected chi connectivity index (χ1v) is 10.6. The van der Waals surface area contributed by atoms with Crippen LogP contribution in [0.15, 0.2) is 17.2 Å². The molecule has 0 amide bonds. The van der Waals surface area contributed by atoms with Gasteiger partial charge in [-0.1, -0.05) is 6.92 Å². The number of hydrogen-bond acceptors (Lipinski definition) is 4. The van der Waals surface area contributed by atoms with E-state index in [0.717, 1.165) is 12.1 Å². The highest BCUT2D eigenvalue weighted by atomic mass is 35.5. The van der Waals surface area contributed by atoms with E-state index < -0.39 is 19.9 Å². The van der Waals surface area contributed by atoms with Gasteiger partial charge < -0.3 is 4.57 Å². The van der Waals surface area contributed by atoms with Gasteiger partial charge in [-0.05, 0) is 12.5 Å². The van der Waals surface area contributed by atoms with Crippen molar-refractivity contribution in [1.29, 1.82) is 0 Å². The molecule has 0 unspecified atom stereocenters. The van der Waals surface area contributed by atoms with E-state index in [1.54, 1.807) is 12.3 Å². The Hall–Kier alpha value is -0.570. The molecule has 2 heterocycles. The second-order valence-electron chi connectivity index (χ2n) is 5.05. The van der Waals surface area contributed by atoms with E-state index >= 15 is 0 Å². The lowest BCUT2D eigenvalue weighted by molar-refractivity contribution is 0.430. The summed E-state index contributed by atoms with van der Waals surface area (Å²) in [5.74, 6) is -0.00156. The average molecular weight is 355 g/mol. The van der Waals surface area contributed by atoms with Gasteiger partial charge in [0.05, 0.1) is 17.4 Å². The van der Waals surface area contributed by atoms with Crippen molar-refractivity contribution in [3.8, 4) is 0 Å². The molecule has 0 aromatic carbocycles. The van der Waals surface area contributed by atoms with E-state index in [2.05, 4.69) is 0 Å².